The molecule has 29 heavy (non-hydrogen) atoms. The topological polar surface area (TPSA) is 27.3 Å². The molecule has 3 nitrogen and oxygen atoms in total. The highest BCUT2D eigenvalue weighted by Gasteiger charge is 2.25. The highest BCUT2D eigenvalue weighted by Crippen LogP contribution is 2.42. The van der Waals surface area contributed by atoms with E-state index in [1.807, 2.05) is 30.3 Å². The molecule has 0 unspecified atom stereocenters. The van der Waals surface area contributed by atoms with Gasteiger partial charge in [0.2, 0.25) is 0 Å². The van der Waals surface area contributed by atoms with E-state index < -0.39 is 0 Å². The van der Waals surface area contributed by atoms with Crippen LogP contribution in [-0.2, 0) is 5.54 Å². The van der Waals surface area contributed by atoms with Crippen molar-refractivity contribution in [2.45, 2.75) is 26.3 Å². The average molecular weight is 389 g/mol. The molecule has 4 rings (SSSR count). The van der Waals surface area contributed by atoms with Gasteiger partial charge < -0.3 is 13.7 Å². The van der Waals surface area contributed by atoms with Crippen molar-refractivity contribution in [2.24, 2.45) is 0 Å². The van der Waals surface area contributed by atoms with Gasteiger partial charge in [0, 0.05) is 22.9 Å². The van der Waals surface area contributed by atoms with Crippen molar-refractivity contribution in [3.05, 3.63) is 78.9 Å². The number of rotatable bonds is 4. The van der Waals surface area contributed by atoms with E-state index in [4.69, 9.17) is 9.15 Å². The van der Waals surface area contributed by atoms with Crippen molar-refractivity contribution in [3.8, 4) is 39.5 Å². The van der Waals surface area contributed by atoms with Crippen LogP contribution in [0, 0.1) is 5.82 Å². The number of hydrogen-bond acceptors (Lipinski definition) is 2. The van der Waals surface area contributed by atoms with Crippen molar-refractivity contribution in [1.29, 1.82) is 0 Å². The molecule has 0 fully saturated rings. The Labute approximate surface area is 170 Å². The molecule has 0 saturated carbocycles. The monoisotopic (exact) mass is 389 g/mol. The highest BCUT2D eigenvalue weighted by molar-refractivity contribution is 5.87. The Morgan fingerprint density at radius 2 is 1.45 bits per heavy atom. The summed E-state index contributed by atoms with van der Waals surface area (Å²) >= 11 is 0. The second-order valence-corrected chi connectivity index (χ2v) is 8.02. The molecule has 0 atom stereocenters. The minimum atomic E-state index is -0.248. The van der Waals surface area contributed by atoms with Crippen LogP contribution in [0.5, 0.6) is 5.75 Å². The number of hydrogen-bond donors (Lipinski definition) is 0. The first-order chi connectivity index (χ1) is 13.9. The highest BCUT2D eigenvalue weighted by atomic mass is 19.1. The summed E-state index contributed by atoms with van der Waals surface area (Å²) in [6.07, 6.45) is 3.78. The van der Waals surface area contributed by atoms with E-state index in [0.717, 1.165) is 39.5 Å². The molecule has 0 aliphatic heterocycles. The van der Waals surface area contributed by atoms with Crippen molar-refractivity contribution < 1.29 is 13.5 Å². The van der Waals surface area contributed by atoms with E-state index in [0.29, 0.717) is 0 Å². The van der Waals surface area contributed by atoms with Crippen LogP contribution in [0.4, 0.5) is 4.39 Å². The van der Waals surface area contributed by atoms with E-state index in [2.05, 4.69) is 37.6 Å². The van der Waals surface area contributed by atoms with E-state index >= 15 is 0 Å². The maximum atomic E-state index is 13.5. The predicted octanol–water partition coefficient (Wildman–Crippen LogP) is 6.98. The Hall–Kier alpha value is -3.27. The Morgan fingerprint density at radius 3 is 2.07 bits per heavy atom. The summed E-state index contributed by atoms with van der Waals surface area (Å²) in [7, 11) is 1.66. The van der Waals surface area contributed by atoms with Crippen LogP contribution in [0.25, 0.3) is 33.7 Å². The van der Waals surface area contributed by atoms with Crippen LogP contribution < -0.4 is 4.74 Å². The van der Waals surface area contributed by atoms with Gasteiger partial charge in [-0.05, 0) is 68.3 Å². The van der Waals surface area contributed by atoms with Crippen molar-refractivity contribution in [3.63, 3.8) is 0 Å². The average Bonchev–Trinajstić information content (AvgIpc) is 3.35. The summed E-state index contributed by atoms with van der Waals surface area (Å²) in [6, 6.07) is 18.5. The molecule has 0 bridgehead atoms. The molecule has 0 amide bonds. The third-order valence-electron chi connectivity index (χ3n) is 5.05. The molecule has 0 aliphatic carbocycles. The number of ether oxygens (including phenoxy) is 1. The number of aromatic nitrogens is 1. The van der Waals surface area contributed by atoms with Crippen LogP contribution in [0.1, 0.15) is 20.8 Å². The normalized spacial score (nSPS) is 11.6. The van der Waals surface area contributed by atoms with E-state index in [1.54, 1.807) is 25.5 Å². The lowest BCUT2D eigenvalue weighted by Gasteiger charge is -2.25. The minimum absolute atomic E-state index is 0.155. The maximum Gasteiger partial charge on any atom is 0.158 e. The van der Waals surface area contributed by atoms with Crippen molar-refractivity contribution in [2.75, 3.05) is 7.11 Å². The molecule has 148 valence electrons. The Balaban J connectivity index is 1.92. The predicted molar refractivity (Wildman–Crippen MR) is 115 cm³/mol. The fourth-order valence-corrected chi connectivity index (χ4v) is 3.58. The lowest BCUT2D eigenvalue weighted by atomic mass is 9.98. The molecule has 0 spiro atoms. The number of nitrogens with zero attached hydrogens (tertiary/aromatic N) is 1. The van der Waals surface area contributed by atoms with Gasteiger partial charge in [0.05, 0.1) is 19.1 Å². The first-order valence-corrected chi connectivity index (χ1v) is 9.58. The quantitative estimate of drug-likeness (QED) is 0.376. The summed E-state index contributed by atoms with van der Waals surface area (Å²) < 4.78 is 27.0. The van der Waals surface area contributed by atoms with Gasteiger partial charge in [-0.2, -0.15) is 0 Å². The van der Waals surface area contributed by atoms with Gasteiger partial charge in [-0.15, -0.1) is 0 Å². The number of methoxy groups -OCH3 is 1. The van der Waals surface area contributed by atoms with Crippen molar-refractivity contribution in [1.82, 2.24) is 4.57 Å². The zero-order chi connectivity index (χ0) is 20.6. The van der Waals surface area contributed by atoms with Gasteiger partial charge in [-0.1, -0.05) is 24.3 Å². The fraction of sp³-hybridized carbons (Fsp3) is 0.200. The van der Waals surface area contributed by atoms with Gasteiger partial charge >= 0.3 is 0 Å². The van der Waals surface area contributed by atoms with Crippen LogP contribution >= 0.6 is 0 Å². The zero-order valence-corrected chi connectivity index (χ0v) is 17.1. The van der Waals surface area contributed by atoms with Gasteiger partial charge in [-0.3, -0.25) is 0 Å². The van der Waals surface area contributed by atoms with Crippen LogP contribution in [0.15, 0.2) is 77.5 Å². The third kappa shape index (κ3) is 3.58. The molecule has 2 heterocycles. The van der Waals surface area contributed by atoms with Gasteiger partial charge in [-0.25, -0.2) is 4.39 Å². The standard InChI is InChI=1S/C25H24FNO2/c1-25(2,3)27-15-13-21(17-5-9-19(26)10-6-17)23(27)24-22(14-16-29-24)18-7-11-20(28-4)12-8-18/h5-16H,1-4H3. The molecule has 2 aromatic heterocycles. The van der Waals surface area contributed by atoms with Gasteiger partial charge in [0.25, 0.3) is 0 Å². The molecule has 0 radical (unpaired) electrons. The third-order valence-corrected chi connectivity index (χ3v) is 5.05. The first-order valence-electron chi connectivity index (χ1n) is 9.58. The molecule has 4 heteroatoms. The SMILES string of the molecule is COc1ccc(-c2ccoc2-c2c(-c3ccc(F)cc3)ccn2C(C)(C)C)cc1. The summed E-state index contributed by atoms with van der Waals surface area (Å²) in [6.45, 7) is 6.46. The van der Waals surface area contributed by atoms with Gasteiger partial charge in [0.15, 0.2) is 5.76 Å². The number of halogens is 1. The second kappa shape index (κ2) is 7.28. The summed E-state index contributed by atoms with van der Waals surface area (Å²) in [4.78, 5) is 0. The first kappa shape index (κ1) is 19.1. The Bertz CT molecular complexity index is 1110. The van der Waals surface area contributed by atoms with Crippen LogP contribution in [0.2, 0.25) is 0 Å². The van der Waals surface area contributed by atoms with Crippen LogP contribution in [0.3, 0.4) is 0 Å². The number of furan rings is 1. The zero-order valence-electron chi connectivity index (χ0n) is 17.1. The molecule has 0 saturated heterocycles. The summed E-state index contributed by atoms with van der Waals surface area (Å²) in [5, 5.41) is 0. The molecular weight excluding hydrogens is 365 g/mol. The smallest absolute Gasteiger partial charge is 0.158 e. The molecule has 2 aromatic carbocycles. The van der Waals surface area contributed by atoms with E-state index in [9.17, 15) is 4.39 Å². The molecule has 0 N–H and O–H groups in total. The lowest BCUT2D eigenvalue weighted by Crippen LogP contribution is -2.21. The lowest BCUT2D eigenvalue weighted by molar-refractivity contribution is 0.399. The Kier molecular flexibility index (Phi) is 4.79. The second-order valence-electron chi connectivity index (χ2n) is 8.02. The van der Waals surface area contributed by atoms with E-state index in [-0.39, 0.29) is 11.4 Å². The molecular formula is C25H24FNO2. The Morgan fingerprint density at radius 1 is 0.828 bits per heavy atom. The fourth-order valence-electron chi connectivity index (χ4n) is 3.58. The largest absolute Gasteiger partial charge is 0.497 e. The van der Waals surface area contributed by atoms with Crippen molar-refractivity contribution >= 4 is 0 Å². The summed E-state index contributed by atoms with van der Waals surface area (Å²) in [5.41, 5.74) is 4.81. The molecule has 0 aliphatic rings. The molecule has 4 aromatic rings. The minimum Gasteiger partial charge on any atom is -0.497 e. The number of benzene rings is 2. The van der Waals surface area contributed by atoms with Crippen LogP contribution in [-0.4, -0.2) is 11.7 Å². The van der Waals surface area contributed by atoms with Gasteiger partial charge in [0.1, 0.15) is 11.6 Å². The maximum absolute atomic E-state index is 13.5. The summed E-state index contributed by atoms with van der Waals surface area (Å²) in [5.74, 6) is 1.35. The van der Waals surface area contributed by atoms with E-state index in [1.165, 1.54) is 12.1 Å².